The number of hydrogen-bond acceptors (Lipinski definition) is 4. The predicted molar refractivity (Wildman–Crippen MR) is 25.4 cm³/mol. The lowest BCUT2D eigenvalue weighted by Crippen LogP contribution is -2.09. The lowest BCUT2D eigenvalue weighted by molar-refractivity contribution is -0.109. The summed E-state index contributed by atoms with van der Waals surface area (Å²) < 4.78 is 28.7. The number of hydrogen-bond donors (Lipinski definition) is 0. The average Bonchev–Trinajstić information content (AvgIpc) is 1.21. The Labute approximate surface area is 51.2 Å². The highest BCUT2D eigenvalue weighted by molar-refractivity contribution is 7.86. The van der Waals surface area contributed by atoms with Gasteiger partial charge >= 0.3 is 0 Å². The molecule has 8 heavy (non-hydrogen) atoms. The Morgan fingerprint density at radius 2 is 2.00 bits per heavy atom. The van der Waals surface area contributed by atoms with Crippen LogP contribution in [0.5, 0.6) is 0 Å². The van der Waals surface area contributed by atoms with E-state index in [2.05, 4.69) is 11.6 Å². The third kappa shape index (κ3) is 5.87. The van der Waals surface area contributed by atoms with Crippen molar-refractivity contribution in [3.63, 3.8) is 0 Å². The summed E-state index contributed by atoms with van der Waals surface area (Å²) in [4.78, 5) is 9.65. The first kappa shape index (κ1) is 7.87. The molecule has 0 amide bonds. The Morgan fingerprint density at radius 3 is 2.00 bits per heavy atom. The fourth-order valence-electron chi connectivity index (χ4n) is 0.139. The van der Waals surface area contributed by atoms with E-state index in [9.17, 15) is 17.8 Å². The maximum absolute atomic E-state index is 9.65. The van der Waals surface area contributed by atoms with Gasteiger partial charge in [0.05, 0.1) is 0 Å². The van der Waals surface area contributed by atoms with Crippen LogP contribution >= 0.6 is 11.6 Å². The van der Waals surface area contributed by atoms with E-state index in [1.165, 1.54) is 0 Å². The van der Waals surface area contributed by atoms with Crippen LogP contribution in [0.2, 0.25) is 0 Å². The summed E-state index contributed by atoms with van der Waals surface area (Å²) in [7, 11) is -4.45. The fraction of sp³-hybridized carbons (Fsp3) is 0.500. The average molecular weight is 158 g/mol. The molecular weight excluding hydrogens is 156 g/mol. The van der Waals surface area contributed by atoms with E-state index < -0.39 is 21.1 Å². The van der Waals surface area contributed by atoms with Crippen molar-refractivity contribution in [2.75, 3.05) is 5.75 Å². The van der Waals surface area contributed by atoms with E-state index in [1.54, 1.807) is 0 Å². The molecule has 0 saturated heterocycles. The third-order valence-corrected chi connectivity index (χ3v) is 1.20. The second-order valence-corrected chi connectivity index (χ2v) is 2.88. The summed E-state index contributed by atoms with van der Waals surface area (Å²) in [6.07, 6.45) is 0. The Balaban J connectivity index is 3.95. The van der Waals surface area contributed by atoms with Crippen LogP contribution in [0.1, 0.15) is 0 Å². The van der Waals surface area contributed by atoms with Gasteiger partial charge in [-0.1, -0.05) is 0 Å². The lowest BCUT2D eigenvalue weighted by Gasteiger charge is -1.99. The second kappa shape index (κ2) is 2.43. The summed E-state index contributed by atoms with van der Waals surface area (Å²) in [5.74, 6) is -1.13. The van der Waals surface area contributed by atoms with Gasteiger partial charge in [0, 0.05) is 0 Å². The first-order valence-corrected chi connectivity index (χ1v) is 3.49. The van der Waals surface area contributed by atoms with Gasteiger partial charge in [-0.05, 0) is 11.6 Å². The van der Waals surface area contributed by atoms with Crippen molar-refractivity contribution in [3.8, 4) is 0 Å². The van der Waals surface area contributed by atoms with Gasteiger partial charge in [-0.2, -0.15) is 0 Å². The normalized spacial score (nSPS) is 11.2. The molecule has 0 fully saturated rings. The maximum Gasteiger partial charge on any atom is 0.235 e. The molecule has 0 aliphatic rings. The van der Waals surface area contributed by atoms with Crippen molar-refractivity contribution in [2.24, 2.45) is 0 Å². The molecule has 0 aliphatic carbocycles. The lowest BCUT2D eigenvalue weighted by atomic mass is 10.9. The molecule has 0 aromatic heterocycles. The van der Waals surface area contributed by atoms with E-state index >= 15 is 0 Å². The summed E-state index contributed by atoms with van der Waals surface area (Å²) in [6, 6.07) is 0. The van der Waals surface area contributed by atoms with Gasteiger partial charge in [0.15, 0.2) is 0 Å². The zero-order valence-electron chi connectivity index (χ0n) is 3.63. The Bertz CT molecular complexity index is 180. The van der Waals surface area contributed by atoms with Gasteiger partial charge in [0.1, 0.15) is 15.9 Å². The monoisotopic (exact) mass is 157 g/mol. The van der Waals surface area contributed by atoms with Crippen LogP contribution in [0.25, 0.3) is 0 Å². The van der Waals surface area contributed by atoms with Crippen molar-refractivity contribution >= 4 is 27.0 Å². The summed E-state index contributed by atoms with van der Waals surface area (Å²) in [5, 5.41) is -1.15. The van der Waals surface area contributed by atoms with Crippen molar-refractivity contribution in [3.05, 3.63) is 0 Å². The first-order chi connectivity index (χ1) is 3.42. The molecule has 0 aromatic carbocycles. The molecule has 0 N–H and O–H groups in total. The van der Waals surface area contributed by atoms with Crippen LogP contribution in [0.4, 0.5) is 0 Å². The zero-order chi connectivity index (χ0) is 6.78. The molecule has 0 bridgehead atoms. The van der Waals surface area contributed by atoms with E-state index in [-0.39, 0.29) is 0 Å². The van der Waals surface area contributed by atoms with Crippen LogP contribution < -0.4 is 0 Å². The topological polar surface area (TPSA) is 74.3 Å². The minimum absolute atomic E-state index is 1.13. The summed E-state index contributed by atoms with van der Waals surface area (Å²) in [6.45, 7) is 0. The Hall–Kier alpha value is -0.130. The van der Waals surface area contributed by atoms with E-state index in [0.717, 1.165) is 0 Å². The van der Waals surface area contributed by atoms with E-state index in [0.29, 0.717) is 0 Å². The maximum atomic E-state index is 9.65. The molecule has 6 heteroatoms. The molecule has 4 nitrogen and oxygen atoms in total. The number of rotatable bonds is 2. The second-order valence-electron chi connectivity index (χ2n) is 1.06. The van der Waals surface area contributed by atoms with Crippen LogP contribution in [0, 0.1) is 0 Å². The number of carbonyl (C=O) groups excluding carboxylic acids is 1. The van der Waals surface area contributed by atoms with Crippen molar-refractivity contribution in [1.29, 1.82) is 0 Å². The zero-order valence-corrected chi connectivity index (χ0v) is 5.20. The van der Waals surface area contributed by atoms with Crippen molar-refractivity contribution in [2.45, 2.75) is 0 Å². The minimum Gasteiger partial charge on any atom is -0.748 e. The van der Waals surface area contributed by atoms with Gasteiger partial charge in [-0.3, -0.25) is 4.79 Å². The largest absolute Gasteiger partial charge is 0.748 e. The molecule has 0 saturated carbocycles. The predicted octanol–water partition coefficient (Wildman–Crippen LogP) is -0.703. The summed E-state index contributed by atoms with van der Waals surface area (Å²) in [5.41, 5.74) is 0. The van der Waals surface area contributed by atoms with Gasteiger partial charge in [-0.15, -0.1) is 0 Å². The van der Waals surface area contributed by atoms with Gasteiger partial charge in [0.2, 0.25) is 5.24 Å². The molecule has 0 rings (SSSR count). The Morgan fingerprint density at radius 1 is 1.62 bits per heavy atom. The molecule has 0 aromatic rings. The van der Waals surface area contributed by atoms with Crippen molar-refractivity contribution < 1.29 is 17.8 Å². The fourth-order valence-corrected chi connectivity index (χ4v) is 0.818. The van der Waals surface area contributed by atoms with Crippen LogP contribution in [0.15, 0.2) is 0 Å². The van der Waals surface area contributed by atoms with E-state index in [4.69, 9.17) is 0 Å². The number of carbonyl (C=O) groups is 1. The van der Waals surface area contributed by atoms with Gasteiger partial charge < -0.3 is 4.55 Å². The van der Waals surface area contributed by atoms with Crippen molar-refractivity contribution in [1.82, 2.24) is 0 Å². The third-order valence-electron chi connectivity index (χ3n) is 0.290. The molecule has 0 atom stereocenters. The Kier molecular flexibility index (Phi) is 2.39. The highest BCUT2D eigenvalue weighted by Gasteiger charge is 2.00. The SMILES string of the molecule is O=C(Cl)CS(=O)(=O)[O-]. The van der Waals surface area contributed by atoms with Gasteiger partial charge in [0.25, 0.3) is 0 Å². The van der Waals surface area contributed by atoms with E-state index in [1.807, 2.05) is 0 Å². The number of halogens is 1. The molecule has 0 heterocycles. The van der Waals surface area contributed by atoms with Crippen LogP contribution in [-0.4, -0.2) is 24.0 Å². The molecule has 0 radical (unpaired) electrons. The first-order valence-electron chi connectivity index (χ1n) is 1.54. The quantitative estimate of drug-likeness (QED) is 0.392. The smallest absolute Gasteiger partial charge is 0.235 e. The summed E-state index contributed by atoms with van der Waals surface area (Å²) >= 11 is 4.54. The van der Waals surface area contributed by atoms with Gasteiger partial charge in [-0.25, -0.2) is 8.42 Å². The minimum atomic E-state index is -4.45. The van der Waals surface area contributed by atoms with Crippen LogP contribution in [-0.2, 0) is 14.9 Å². The molecular formula is C2H2ClO4S-. The molecule has 48 valence electrons. The highest BCUT2D eigenvalue weighted by Crippen LogP contribution is 1.85. The molecule has 0 aliphatic heterocycles. The molecule has 0 spiro atoms. The highest BCUT2D eigenvalue weighted by atomic mass is 35.5. The van der Waals surface area contributed by atoms with Crippen LogP contribution in [0.3, 0.4) is 0 Å². The standard InChI is InChI=1S/C2H3ClO4S/c3-2(4)1-8(5,6)7/h1H2,(H,5,6,7)/p-1. The molecule has 0 unspecified atom stereocenters.